The van der Waals surface area contributed by atoms with Gasteiger partial charge in [0.1, 0.15) is 5.76 Å². The molecular formula is C13H18N2O4S. The van der Waals surface area contributed by atoms with E-state index in [9.17, 15) is 13.2 Å². The fourth-order valence-electron chi connectivity index (χ4n) is 2.17. The summed E-state index contributed by atoms with van der Waals surface area (Å²) in [7, 11) is -3.18. The smallest absolute Gasteiger partial charge is 0.246 e. The van der Waals surface area contributed by atoms with Gasteiger partial charge in [0.15, 0.2) is 0 Å². The first-order valence-corrected chi connectivity index (χ1v) is 8.31. The maximum Gasteiger partial charge on any atom is 0.246 e. The first kappa shape index (κ1) is 14.8. The summed E-state index contributed by atoms with van der Waals surface area (Å²) in [4.78, 5) is 13.7. The number of hydrogen-bond acceptors (Lipinski definition) is 4. The molecule has 2 heterocycles. The Bertz CT molecular complexity index is 570. The van der Waals surface area contributed by atoms with E-state index in [0.717, 1.165) is 6.26 Å². The van der Waals surface area contributed by atoms with Crippen LogP contribution in [-0.4, -0.2) is 44.6 Å². The third-order valence-electron chi connectivity index (χ3n) is 3.12. The number of nitrogens with one attached hydrogen (secondary N) is 1. The first-order chi connectivity index (χ1) is 9.44. The number of furan rings is 1. The van der Waals surface area contributed by atoms with Crippen molar-refractivity contribution in [1.82, 2.24) is 9.62 Å². The molecule has 0 spiro atoms. The van der Waals surface area contributed by atoms with Gasteiger partial charge in [-0.05, 0) is 31.1 Å². The molecule has 0 radical (unpaired) electrons. The molecule has 110 valence electrons. The van der Waals surface area contributed by atoms with Crippen LogP contribution in [0, 0.1) is 0 Å². The van der Waals surface area contributed by atoms with E-state index in [-0.39, 0.29) is 11.9 Å². The quantitative estimate of drug-likeness (QED) is 0.835. The Hall–Kier alpha value is -1.60. The number of carbonyl (C=O) groups excluding carboxylic acids is 1. The summed E-state index contributed by atoms with van der Waals surface area (Å²) in [6.45, 7) is 1.10. The van der Waals surface area contributed by atoms with Crippen LogP contribution in [0.5, 0.6) is 0 Å². The summed E-state index contributed by atoms with van der Waals surface area (Å²) in [6.07, 6.45) is 7.07. The normalized spacial score (nSPS) is 17.8. The Balaban J connectivity index is 1.83. The van der Waals surface area contributed by atoms with Gasteiger partial charge in [-0.25, -0.2) is 13.1 Å². The van der Waals surface area contributed by atoms with Crippen LogP contribution < -0.4 is 4.72 Å². The van der Waals surface area contributed by atoms with E-state index in [1.807, 2.05) is 0 Å². The molecule has 1 aliphatic rings. The monoisotopic (exact) mass is 298 g/mol. The number of hydrogen-bond donors (Lipinski definition) is 1. The molecule has 1 amide bonds. The molecular weight excluding hydrogens is 280 g/mol. The maximum absolute atomic E-state index is 11.9. The van der Waals surface area contributed by atoms with Crippen molar-refractivity contribution in [2.24, 2.45) is 0 Å². The Morgan fingerprint density at radius 1 is 1.45 bits per heavy atom. The summed E-state index contributed by atoms with van der Waals surface area (Å²) in [5.74, 6) is 0.547. The predicted molar refractivity (Wildman–Crippen MR) is 75.3 cm³/mol. The number of rotatable bonds is 4. The van der Waals surface area contributed by atoms with Gasteiger partial charge in [-0.15, -0.1) is 0 Å². The minimum Gasteiger partial charge on any atom is -0.465 e. The number of amides is 1. The molecule has 1 aromatic rings. The predicted octanol–water partition coefficient (Wildman–Crippen LogP) is 0.833. The molecule has 6 nitrogen and oxygen atoms in total. The van der Waals surface area contributed by atoms with Crippen molar-refractivity contribution in [3.63, 3.8) is 0 Å². The summed E-state index contributed by atoms with van der Waals surface area (Å²) in [5, 5.41) is 0. The highest BCUT2D eigenvalue weighted by molar-refractivity contribution is 7.88. The summed E-state index contributed by atoms with van der Waals surface area (Å²) >= 11 is 0. The molecule has 0 bridgehead atoms. The van der Waals surface area contributed by atoms with Crippen LogP contribution in [0.2, 0.25) is 0 Å². The molecule has 1 N–H and O–H groups in total. The lowest BCUT2D eigenvalue weighted by Gasteiger charge is -2.31. The number of piperidine rings is 1. The van der Waals surface area contributed by atoms with Gasteiger partial charge in [0.25, 0.3) is 0 Å². The van der Waals surface area contributed by atoms with E-state index >= 15 is 0 Å². The second kappa shape index (κ2) is 6.23. The number of nitrogens with zero attached hydrogens (tertiary/aromatic N) is 1. The van der Waals surface area contributed by atoms with Crippen molar-refractivity contribution in [2.45, 2.75) is 18.9 Å². The molecule has 1 fully saturated rings. The van der Waals surface area contributed by atoms with Gasteiger partial charge in [-0.1, -0.05) is 0 Å². The van der Waals surface area contributed by atoms with Crippen molar-refractivity contribution in [3.8, 4) is 0 Å². The van der Waals surface area contributed by atoms with Crippen LogP contribution in [0.1, 0.15) is 18.6 Å². The van der Waals surface area contributed by atoms with Crippen LogP contribution in [0.3, 0.4) is 0 Å². The lowest BCUT2D eigenvalue weighted by atomic mass is 10.1. The molecule has 0 saturated carbocycles. The number of carbonyl (C=O) groups is 1. The summed E-state index contributed by atoms with van der Waals surface area (Å²) in [5.41, 5.74) is 0. The molecule has 1 aliphatic heterocycles. The molecule has 0 atom stereocenters. The van der Waals surface area contributed by atoms with Gasteiger partial charge in [0, 0.05) is 25.2 Å². The Morgan fingerprint density at radius 3 is 2.70 bits per heavy atom. The van der Waals surface area contributed by atoms with Gasteiger partial charge < -0.3 is 9.32 Å². The van der Waals surface area contributed by atoms with E-state index in [1.165, 1.54) is 6.08 Å². The maximum atomic E-state index is 11.9. The molecule has 0 aromatic carbocycles. The Labute approximate surface area is 118 Å². The van der Waals surface area contributed by atoms with E-state index in [2.05, 4.69) is 4.72 Å². The SMILES string of the molecule is CS(=O)(=O)NC1CCN(C(=O)C=Cc2ccco2)CC1. The van der Waals surface area contributed by atoms with Crippen molar-refractivity contribution in [2.75, 3.05) is 19.3 Å². The number of sulfonamides is 1. The van der Waals surface area contributed by atoms with E-state index in [0.29, 0.717) is 31.7 Å². The Morgan fingerprint density at radius 2 is 2.15 bits per heavy atom. The summed E-state index contributed by atoms with van der Waals surface area (Å²) < 4.78 is 30.0. The van der Waals surface area contributed by atoms with Gasteiger partial charge in [-0.3, -0.25) is 4.79 Å². The van der Waals surface area contributed by atoms with Gasteiger partial charge in [-0.2, -0.15) is 0 Å². The average Bonchev–Trinajstić information content (AvgIpc) is 2.88. The molecule has 0 unspecified atom stereocenters. The Kier molecular flexibility index (Phi) is 4.61. The third kappa shape index (κ3) is 4.50. The lowest BCUT2D eigenvalue weighted by Crippen LogP contribution is -2.45. The van der Waals surface area contributed by atoms with Gasteiger partial charge >= 0.3 is 0 Å². The number of likely N-dealkylation sites (tertiary alicyclic amines) is 1. The minimum absolute atomic E-state index is 0.0805. The van der Waals surface area contributed by atoms with Crippen molar-refractivity contribution in [3.05, 3.63) is 30.2 Å². The van der Waals surface area contributed by atoms with Crippen LogP contribution in [-0.2, 0) is 14.8 Å². The zero-order valence-electron chi connectivity index (χ0n) is 11.3. The van der Waals surface area contributed by atoms with E-state index in [1.54, 1.807) is 29.4 Å². The molecule has 1 aromatic heterocycles. The molecule has 0 aliphatic carbocycles. The van der Waals surface area contributed by atoms with Crippen LogP contribution in [0.15, 0.2) is 28.9 Å². The standard InChI is InChI=1S/C13H18N2O4S/c1-20(17,18)14-11-6-8-15(9-7-11)13(16)5-4-12-3-2-10-19-12/h2-5,10-11,14H,6-9H2,1H3. The zero-order valence-corrected chi connectivity index (χ0v) is 12.1. The van der Waals surface area contributed by atoms with Crippen molar-refractivity contribution in [1.29, 1.82) is 0 Å². The highest BCUT2D eigenvalue weighted by Gasteiger charge is 2.23. The fourth-order valence-corrected chi connectivity index (χ4v) is 3.01. The topological polar surface area (TPSA) is 79.6 Å². The lowest BCUT2D eigenvalue weighted by molar-refractivity contribution is -0.126. The molecule has 7 heteroatoms. The molecule has 20 heavy (non-hydrogen) atoms. The minimum atomic E-state index is -3.18. The van der Waals surface area contributed by atoms with Gasteiger partial charge in [0.05, 0.1) is 12.5 Å². The molecule has 2 rings (SSSR count). The average molecular weight is 298 g/mol. The fraction of sp³-hybridized carbons (Fsp3) is 0.462. The second-order valence-corrected chi connectivity index (χ2v) is 6.62. The van der Waals surface area contributed by atoms with Crippen LogP contribution in [0.25, 0.3) is 6.08 Å². The van der Waals surface area contributed by atoms with E-state index < -0.39 is 10.0 Å². The second-order valence-electron chi connectivity index (χ2n) is 4.84. The summed E-state index contributed by atoms with van der Waals surface area (Å²) in [6, 6.07) is 3.45. The first-order valence-electron chi connectivity index (χ1n) is 6.42. The largest absolute Gasteiger partial charge is 0.465 e. The van der Waals surface area contributed by atoms with E-state index in [4.69, 9.17) is 4.42 Å². The third-order valence-corrected chi connectivity index (χ3v) is 3.88. The van der Waals surface area contributed by atoms with Crippen LogP contribution in [0.4, 0.5) is 0 Å². The van der Waals surface area contributed by atoms with Crippen molar-refractivity contribution >= 4 is 22.0 Å². The van der Waals surface area contributed by atoms with Gasteiger partial charge in [0.2, 0.25) is 15.9 Å². The molecule has 1 saturated heterocycles. The zero-order chi connectivity index (χ0) is 14.6. The highest BCUT2D eigenvalue weighted by atomic mass is 32.2. The van der Waals surface area contributed by atoms with Crippen molar-refractivity contribution < 1.29 is 17.6 Å². The van der Waals surface area contributed by atoms with Crippen LogP contribution >= 0.6 is 0 Å². The highest BCUT2D eigenvalue weighted by Crippen LogP contribution is 2.12.